The Kier molecular flexibility index (Phi) is 5.22. The molecule has 130 valence electrons. The van der Waals surface area contributed by atoms with Crippen LogP contribution in [-0.4, -0.2) is 24.4 Å². The summed E-state index contributed by atoms with van der Waals surface area (Å²) >= 11 is 0. The molecule has 1 aromatic rings. The van der Waals surface area contributed by atoms with Crippen LogP contribution in [0.5, 0.6) is 0 Å². The van der Waals surface area contributed by atoms with Crippen LogP contribution in [0.2, 0.25) is 0 Å². The van der Waals surface area contributed by atoms with E-state index in [4.69, 9.17) is 0 Å². The highest BCUT2D eigenvalue weighted by Crippen LogP contribution is 2.28. The molecule has 1 aliphatic heterocycles. The van der Waals surface area contributed by atoms with Crippen LogP contribution < -0.4 is 10.2 Å². The molecule has 1 saturated carbocycles. The fourth-order valence-electron chi connectivity index (χ4n) is 3.96. The number of rotatable bonds is 4. The Morgan fingerprint density at radius 2 is 2.00 bits per heavy atom. The third-order valence-electron chi connectivity index (χ3n) is 5.58. The van der Waals surface area contributed by atoms with Gasteiger partial charge in [-0.05, 0) is 56.2 Å². The highest BCUT2D eigenvalue weighted by Gasteiger charge is 2.36. The van der Waals surface area contributed by atoms with Crippen LogP contribution in [0.1, 0.15) is 51.0 Å². The van der Waals surface area contributed by atoms with Crippen LogP contribution in [-0.2, 0) is 9.59 Å². The van der Waals surface area contributed by atoms with Crippen LogP contribution in [0.4, 0.5) is 5.69 Å². The van der Waals surface area contributed by atoms with Gasteiger partial charge in [-0.3, -0.25) is 9.59 Å². The number of carbonyl (C=O) groups is 2. The van der Waals surface area contributed by atoms with Crippen molar-refractivity contribution in [3.8, 4) is 0 Å². The predicted octanol–water partition coefficient (Wildman–Crippen LogP) is 3.43. The molecule has 4 nitrogen and oxygen atoms in total. The van der Waals surface area contributed by atoms with Crippen molar-refractivity contribution in [1.82, 2.24) is 5.32 Å². The summed E-state index contributed by atoms with van der Waals surface area (Å²) in [6, 6.07) is 8.21. The first-order chi connectivity index (χ1) is 11.6. The number of nitrogens with zero attached hydrogens (tertiary/aromatic N) is 1. The van der Waals surface area contributed by atoms with E-state index in [0.717, 1.165) is 30.0 Å². The number of nitrogens with one attached hydrogen (secondary N) is 1. The monoisotopic (exact) mass is 328 g/mol. The first-order valence-corrected chi connectivity index (χ1v) is 9.24. The van der Waals surface area contributed by atoms with Gasteiger partial charge in [0.25, 0.3) is 0 Å². The molecule has 4 heteroatoms. The molecular weight excluding hydrogens is 300 g/mol. The highest BCUT2D eigenvalue weighted by atomic mass is 16.2. The van der Waals surface area contributed by atoms with Gasteiger partial charge < -0.3 is 10.2 Å². The van der Waals surface area contributed by atoms with Crippen molar-refractivity contribution in [2.24, 2.45) is 11.8 Å². The van der Waals surface area contributed by atoms with Crippen molar-refractivity contribution in [3.05, 3.63) is 29.8 Å². The molecule has 0 bridgehead atoms. The van der Waals surface area contributed by atoms with E-state index in [1.165, 1.54) is 19.3 Å². The van der Waals surface area contributed by atoms with Gasteiger partial charge in [0.2, 0.25) is 11.8 Å². The van der Waals surface area contributed by atoms with E-state index in [1.54, 1.807) is 4.90 Å². The zero-order valence-electron chi connectivity index (χ0n) is 14.8. The normalized spacial score (nSPS) is 27.3. The summed E-state index contributed by atoms with van der Waals surface area (Å²) in [6.45, 7) is 4.76. The summed E-state index contributed by atoms with van der Waals surface area (Å²) in [7, 11) is 0. The number of anilines is 1. The quantitative estimate of drug-likeness (QED) is 0.920. The Bertz CT molecular complexity index is 605. The molecule has 1 N–H and O–H groups in total. The summed E-state index contributed by atoms with van der Waals surface area (Å²) in [5.74, 6) is 0.707. The van der Waals surface area contributed by atoms with Gasteiger partial charge in [0.05, 0.1) is 5.92 Å². The molecule has 1 atom stereocenters. The Morgan fingerprint density at radius 1 is 1.25 bits per heavy atom. The van der Waals surface area contributed by atoms with Crippen LogP contribution >= 0.6 is 0 Å². The number of hydrogen-bond acceptors (Lipinski definition) is 2. The lowest BCUT2D eigenvalue weighted by Crippen LogP contribution is -2.41. The van der Waals surface area contributed by atoms with Crippen molar-refractivity contribution < 1.29 is 9.59 Å². The minimum absolute atomic E-state index is 0.0513. The van der Waals surface area contributed by atoms with Crippen molar-refractivity contribution >= 4 is 17.5 Å². The average Bonchev–Trinajstić information content (AvgIpc) is 2.97. The van der Waals surface area contributed by atoms with E-state index in [2.05, 4.69) is 12.2 Å². The molecule has 0 spiro atoms. The second kappa shape index (κ2) is 7.37. The summed E-state index contributed by atoms with van der Waals surface area (Å²) in [4.78, 5) is 26.6. The predicted molar refractivity (Wildman–Crippen MR) is 95.8 cm³/mol. The Hall–Kier alpha value is -1.84. The molecule has 2 aliphatic rings. The van der Waals surface area contributed by atoms with Gasteiger partial charge in [-0.15, -0.1) is 0 Å². The Labute approximate surface area is 144 Å². The fourth-order valence-corrected chi connectivity index (χ4v) is 3.96. The van der Waals surface area contributed by atoms with Crippen LogP contribution in [0, 0.1) is 18.8 Å². The minimum atomic E-state index is -0.220. The highest BCUT2D eigenvalue weighted by molar-refractivity contribution is 6.00. The van der Waals surface area contributed by atoms with E-state index in [-0.39, 0.29) is 17.7 Å². The van der Waals surface area contributed by atoms with E-state index >= 15 is 0 Å². The lowest BCUT2D eigenvalue weighted by atomic mass is 9.84. The molecule has 2 amide bonds. The fraction of sp³-hybridized carbons (Fsp3) is 0.600. The van der Waals surface area contributed by atoms with Gasteiger partial charge in [-0.1, -0.05) is 25.5 Å². The Balaban J connectivity index is 1.56. The molecule has 1 saturated heterocycles. The zero-order chi connectivity index (χ0) is 17.1. The average molecular weight is 328 g/mol. The van der Waals surface area contributed by atoms with Crippen LogP contribution in [0.25, 0.3) is 0 Å². The molecule has 0 aromatic heterocycles. The van der Waals surface area contributed by atoms with E-state index in [0.29, 0.717) is 19.0 Å². The zero-order valence-corrected chi connectivity index (χ0v) is 14.8. The maximum atomic E-state index is 12.6. The molecular formula is C20H28N2O2. The molecule has 0 unspecified atom stereocenters. The largest absolute Gasteiger partial charge is 0.353 e. The number of amides is 2. The first-order valence-electron chi connectivity index (χ1n) is 9.24. The Morgan fingerprint density at radius 3 is 2.67 bits per heavy atom. The van der Waals surface area contributed by atoms with Gasteiger partial charge in [0.1, 0.15) is 0 Å². The first kappa shape index (κ1) is 17.0. The molecule has 1 heterocycles. The van der Waals surface area contributed by atoms with Gasteiger partial charge in [0, 0.05) is 24.7 Å². The maximum absolute atomic E-state index is 12.6. The molecule has 0 radical (unpaired) electrons. The van der Waals surface area contributed by atoms with Crippen molar-refractivity contribution in [1.29, 1.82) is 0 Å². The third kappa shape index (κ3) is 3.80. The lowest BCUT2D eigenvalue weighted by molar-refractivity contribution is -0.127. The van der Waals surface area contributed by atoms with Gasteiger partial charge in [-0.2, -0.15) is 0 Å². The summed E-state index contributed by atoms with van der Waals surface area (Å²) in [5, 5.41) is 3.19. The van der Waals surface area contributed by atoms with Crippen LogP contribution in [0.15, 0.2) is 24.3 Å². The second-order valence-electron chi connectivity index (χ2n) is 7.38. The second-order valence-corrected chi connectivity index (χ2v) is 7.38. The lowest BCUT2D eigenvalue weighted by Gasteiger charge is -2.29. The smallest absolute Gasteiger partial charge is 0.227 e. The van der Waals surface area contributed by atoms with Gasteiger partial charge in [0.15, 0.2) is 0 Å². The molecule has 1 aliphatic carbocycles. The number of hydrogen-bond donors (Lipinski definition) is 1. The van der Waals surface area contributed by atoms with Gasteiger partial charge in [-0.25, -0.2) is 0 Å². The van der Waals surface area contributed by atoms with Crippen molar-refractivity contribution in [3.63, 3.8) is 0 Å². The number of carbonyl (C=O) groups excluding carboxylic acids is 2. The molecule has 2 fully saturated rings. The SMILES string of the molecule is CCC1CCC(NC(=O)[C@@H]2CC(=O)N(c3cccc(C)c3)C2)CC1. The van der Waals surface area contributed by atoms with E-state index in [9.17, 15) is 9.59 Å². The third-order valence-corrected chi connectivity index (χ3v) is 5.58. The molecule has 3 rings (SSSR count). The van der Waals surface area contributed by atoms with Crippen molar-refractivity contribution in [2.75, 3.05) is 11.4 Å². The number of aryl methyl sites for hydroxylation is 1. The molecule has 24 heavy (non-hydrogen) atoms. The minimum Gasteiger partial charge on any atom is -0.353 e. The van der Waals surface area contributed by atoms with E-state index in [1.807, 2.05) is 31.2 Å². The number of benzene rings is 1. The molecule has 1 aromatic carbocycles. The summed E-state index contributed by atoms with van der Waals surface area (Å²) in [6.07, 6.45) is 6.13. The van der Waals surface area contributed by atoms with Crippen molar-refractivity contribution in [2.45, 2.75) is 58.4 Å². The standard InChI is InChI=1S/C20H28N2O2/c1-3-15-7-9-17(10-8-15)21-20(24)16-12-19(23)22(13-16)18-6-4-5-14(2)11-18/h4-6,11,15-17H,3,7-10,12-13H2,1-2H3,(H,21,24)/t15?,16-,17?/m1/s1. The maximum Gasteiger partial charge on any atom is 0.227 e. The van der Waals surface area contributed by atoms with Crippen LogP contribution in [0.3, 0.4) is 0 Å². The van der Waals surface area contributed by atoms with E-state index < -0.39 is 0 Å². The summed E-state index contributed by atoms with van der Waals surface area (Å²) in [5.41, 5.74) is 2.03. The topological polar surface area (TPSA) is 49.4 Å². The van der Waals surface area contributed by atoms with Gasteiger partial charge >= 0.3 is 0 Å². The summed E-state index contributed by atoms with van der Waals surface area (Å²) < 4.78 is 0.